The third-order valence-corrected chi connectivity index (χ3v) is 3.38. The molecule has 1 aliphatic rings. The summed E-state index contributed by atoms with van der Waals surface area (Å²) in [4.78, 5) is 23.3. The van der Waals surface area contributed by atoms with Gasteiger partial charge in [0.1, 0.15) is 11.6 Å². The minimum Gasteiger partial charge on any atom is -0.326 e. The van der Waals surface area contributed by atoms with Crippen molar-refractivity contribution >= 4 is 23.2 Å². The highest BCUT2D eigenvalue weighted by molar-refractivity contribution is 6.04. The van der Waals surface area contributed by atoms with Crippen molar-refractivity contribution in [1.82, 2.24) is 0 Å². The Hall–Kier alpha value is -2.76. The highest BCUT2D eigenvalue weighted by Crippen LogP contribution is 2.26. The fourth-order valence-corrected chi connectivity index (χ4v) is 2.35. The number of anilines is 2. The quantitative estimate of drug-likeness (QED) is 0.895. The average Bonchev–Trinajstić information content (AvgIpc) is 2.46. The van der Waals surface area contributed by atoms with E-state index in [9.17, 15) is 18.4 Å². The SMILES string of the molecule is O=C1CCc2cc(NC(=O)c3cc(F)cc(F)c3)ccc2N1. The van der Waals surface area contributed by atoms with E-state index in [4.69, 9.17) is 0 Å². The molecular weight excluding hydrogens is 290 g/mol. The first-order valence-corrected chi connectivity index (χ1v) is 6.71. The van der Waals surface area contributed by atoms with Crippen molar-refractivity contribution in [1.29, 1.82) is 0 Å². The standard InChI is InChI=1S/C16H12F2N2O2/c17-11-5-10(6-12(18)8-11)16(22)19-13-2-3-14-9(7-13)1-4-15(21)20-14/h2-3,5-8H,1,4H2,(H,19,22)(H,20,21). The normalized spacial score (nSPS) is 13.3. The van der Waals surface area contributed by atoms with Crippen molar-refractivity contribution in [3.8, 4) is 0 Å². The number of halogens is 2. The highest BCUT2D eigenvalue weighted by Gasteiger charge is 2.16. The number of carbonyl (C=O) groups is 2. The molecular formula is C16H12F2N2O2. The summed E-state index contributed by atoms with van der Waals surface area (Å²) in [6.07, 6.45) is 0.971. The summed E-state index contributed by atoms with van der Waals surface area (Å²) in [6.45, 7) is 0. The summed E-state index contributed by atoms with van der Waals surface area (Å²) in [6, 6.07) is 7.70. The average molecular weight is 302 g/mol. The molecule has 0 aromatic heterocycles. The van der Waals surface area contributed by atoms with Gasteiger partial charge in [-0.2, -0.15) is 0 Å². The van der Waals surface area contributed by atoms with E-state index in [0.717, 1.165) is 17.7 Å². The van der Waals surface area contributed by atoms with E-state index in [2.05, 4.69) is 10.6 Å². The molecule has 0 saturated heterocycles. The van der Waals surface area contributed by atoms with Crippen LogP contribution in [0.3, 0.4) is 0 Å². The number of carbonyl (C=O) groups excluding carboxylic acids is 2. The van der Waals surface area contributed by atoms with Crippen molar-refractivity contribution < 1.29 is 18.4 Å². The molecule has 0 aliphatic carbocycles. The van der Waals surface area contributed by atoms with Gasteiger partial charge in [0.05, 0.1) is 0 Å². The molecule has 3 rings (SSSR count). The van der Waals surface area contributed by atoms with Crippen LogP contribution in [0.5, 0.6) is 0 Å². The number of nitrogens with one attached hydrogen (secondary N) is 2. The number of rotatable bonds is 2. The van der Waals surface area contributed by atoms with Crippen LogP contribution in [0, 0.1) is 11.6 Å². The van der Waals surface area contributed by atoms with E-state index in [0.29, 0.717) is 30.3 Å². The number of benzene rings is 2. The number of hydrogen-bond acceptors (Lipinski definition) is 2. The minimum atomic E-state index is -0.807. The number of amides is 2. The summed E-state index contributed by atoms with van der Waals surface area (Å²) in [5.74, 6) is -2.26. The Kier molecular flexibility index (Phi) is 3.58. The van der Waals surface area contributed by atoms with Crippen LogP contribution in [0.1, 0.15) is 22.3 Å². The molecule has 0 unspecified atom stereocenters. The van der Waals surface area contributed by atoms with E-state index in [-0.39, 0.29) is 11.5 Å². The van der Waals surface area contributed by atoms with Crippen LogP contribution in [0.15, 0.2) is 36.4 Å². The van der Waals surface area contributed by atoms with Crippen LogP contribution in [-0.4, -0.2) is 11.8 Å². The van der Waals surface area contributed by atoms with Crippen molar-refractivity contribution in [2.75, 3.05) is 10.6 Å². The van der Waals surface area contributed by atoms with Gasteiger partial charge in [0.15, 0.2) is 0 Å². The predicted molar refractivity (Wildman–Crippen MR) is 77.7 cm³/mol. The largest absolute Gasteiger partial charge is 0.326 e. The molecule has 22 heavy (non-hydrogen) atoms. The van der Waals surface area contributed by atoms with Crippen LogP contribution < -0.4 is 10.6 Å². The fourth-order valence-electron chi connectivity index (χ4n) is 2.35. The molecule has 2 amide bonds. The molecule has 6 heteroatoms. The maximum atomic E-state index is 13.1. The van der Waals surface area contributed by atoms with E-state index >= 15 is 0 Å². The predicted octanol–water partition coefficient (Wildman–Crippen LogP) is 3.10. The maximum Gasteiger partial charge on any atom is 0.255 e. The second-order valence-corrected chi connectivity index (χ2v) is 5.03. The Morgan fingerprint density at radius 2 is 1.77 bits per heavy atom. The topological polar surface area (TPSA) is 58.2 Å². The van der Waals surface area contributed by atoms with Gasteiger partial charge in [0.2, 0.25) is 5.91 Å². The summed E-state index contributed by atoms with van der Waals surface area (Å²) in [5.41, 5.74) is 2.03. The van der Waals surface area contributed by atoms with Gasteiger partial charge in [0, 0.05) is 29.4 Å². The number of fused-ring (bicyclic) bond motifs is 1. The van der Waals surface area contributed by atoms with Crippen LogP contribution >= 0.6 is 0 Å². The lowest BCUT2D eigenvalue weighted by molar-refractivity contribution is -0.116. The molecule has 4 nitrogen and oxygen atoms in total. The molecule has 0 saturated carbocycles. The third-order valence-electron chi connectivity index (χ3n) is 3.38. The molecule has 1 heterocycles. The maximum absolute atomic E-state index is 13.1. The first-order valence-electron chi connectivity index (χ1n) is 6.71. The zero-order chi connectivity index (χ0) is 15.7. The van der Waals surface area contributed by atoms with Gasteiger partial charge in [-0.3, -0.25) is 9.59 Å². The van der Waals surface area contributed by atoms with Gasteiger partial charge >= 0.3 is 0 Å². The van der Waals surface area contributed by atoms with E-state index < -0.39 is 17.5 Å². The summed E-state index contributed by atoms with van der Waals surface area (Å²) in [5, 5.41) is 5.33. The number of aryl methyl sites for hydroxylation is 1. The van der Waals surface area contributed by atoms with Crippen LogP contribution in [0.2, 0.25) is 0 Å². The Morgan fingerprint density at radius 3 is 2.50 bits per heavy atom. The van der Waals surface area contributed by atoms with E-state index in [1.165, 1.54) is 0 Å². The van der Waals surface area contributed by atoms with E-state index in [1.54, 1.807) is 18.2 Å². The first-order chi connectivity index (χ1) is 10.5. The Balaban J connectivity index is 1.81. The Bertz CT molecular complexity index is 754. The van der Waals surface area contributed by atoms with Crippen molar-refractivity contribution in [3.63, 3.8) is 0 Å². The van der Waals surface area contributed by atoms with Gasteiger partial charge < -0.3 is 10.6 Å². The smallest absolute Gasteiger partial charge is 0.255 e. The lowest BCUT2D eigenvalue weighted by atomic mass is 10.0. The summed E-state index contributed by atoms with van der Waals surface area (Å²) in [7, 11) is 0. The lowest BCUT2D eigenvalue weighted by Gasteiger charge is -2.17. The van der Waals surface area contributed by atoms with Crippen molar-refractivity contribution in [2.45, 2.75) is 12.8 Å². The van der Waals surface area contributed by atoms with Gasteiger partial charge in [-0.05, 0) is 42.3 Å². The molecule has 2 aromatic rings. The van der Waals surface area contributed by atoms with Crippen LogP contribution in [-0.2, 0) is 11.2 Å². The molecule has 0 radical (unpaired) electrons. The van der Waals surface area contributed by atoms with Crippen LogP contribution in [0.4, 0.5) is 20.2 Å². The first kappa shape index (κ1) is 14.2. The zero-order valence-corrected chi connectivity index (χ0v) is 11.5. The molecule has 0 atom stereocenters. The molecule has 2 N–H and O–H groups in total. The van der Waals surface area contributed by atoms with Crippen LogP contribution in [0.25, 0.3) is 0 Å². The summed E-state index contributed by atoms with van der Waals surface area (Å²) >= 11 is 0. The second kappa shape index (κ2) is 5.55. The van der Waals surface area contributed by atoms with Crippen molar-refractivity contribution in [3.05, 3.63) is 59.2 Å². The molecule has 0 spiro atoms. The molecule has 112 valence electrons. The van der Waals surface area contributed by atoms with Gasteiger partial charge in [0.25, 0.3) is 5.91 Å². The summed E-state index contributed by atoms with van der Waals surface area (Å²) < 4.78 is 26.3. The molecule has 2 aromatic carbocycles. The second-order valence-electron chi connectivity index (χ2n) is 5.03. The molecule has 0 fully saturated rings. The van der Waals surface area contributed by atoms with E-state index in [1.807, 2.05) is 0 Å². The number of hydrogen-bond donors (Lipinski definition) is 2. The highest BCUT2D eigenvalue weighted by atomic mass is 19.1. The third kappa shape index (κ3) is 2.95. The monoisotopic (exact) mass is 302 g/mol. The zero-order valence-electron chi connectivity index (χ0n) is 11.5. The Morgan fingerprint density at radius 1 is 1.05 bits per heavy atom. The minimum absolute atomic E-state index is 0.0421. The van der Waals surface area contributed by atoms with Crippen molar-refractivity contribution in [2.24, 2.45) is 0 Å². The molecule has 1 aliphatic heterocycles. The van der Waals surface area contributed by atoms with Gasteiger partial charge in [-0.1, -0.05) is 0 Å². The Labute approximate surface area is 125 Å². The van der Waals surface area contributed by atoms with Gasteiger partial charge in [-0.25, -0.2) is 8.78 Å². The fraction of sp³-hybridized carbons (Fsp3) is 0.125. The molecule has 0 bridgehead atoms. The van der Waals surface area contributed by atoms with Gasteiger partial charge in [-0.15, -0.1) is 0 Å². The lowest BCUT2D eigenvalue weighted by Crippen LogP contribution is -2.19.